The fourth-order valence-corrected chi connectivity index (χ4v) is 1.59. The predicted octanol–water partition coefficient (Wildman–Crippen LogP) is 1.93. The summed E-state index contributed by atoms with van der Waals surface area (Å²) in [6, 6.07) is 4.57. The van der Waals surface area contributed by atoms with Crippen LogP contribution in [0, 0.1) is 11.7 Å². The zero-order valence-electron chi connectivity index (χ0n) is 10.2. The minimum Gasteiger partial charge on any atom is -0.494 e. The number of carbonyl (C=O) groups excluding carboxylic acids is 1. The average molecular weight is 239 g/mol. The molecular formula is C13H18FNO2. The summed E-state index contributed by atoms with van der Waals surface area (Å²) in [6.07, 6.45) is 0.676. The van der Waals surface area contributed by atoms with E-state index in [1.54, 1.807) is 6.07 Å². The smallest absolute Gasteiger partial charge is 0.165 e. The molecule has 1 aromatic carbocycles. The monoisotopic (exact) mass is 239 g/mol. The summed E-state index contributed by atoms with van der Waals surface area (Å²) < 4.78 is 18.2. The zero-order valence-corrected chi connectivity index (χ0v) is 10.2. The van der Waals surface area contributed by atoms with E-state index < -0.39 is 5.82 Å². The van der Waals surface area contributed by atoms with Gasteiger partial charge in [0.1, 0.15) is 5.78 Å². The van der Waals surface area contributed by atoms with Crippen molar-refractivity contribution in [3.8, 4) is 5.75 Å². The van der Waals surface area contributed by atoms with Crippen LogP contribution in [0.4, 0.5) is 4.39 Å². The van der Waals surface area contributed by atoms with E-state index in [1.807, 2.05) is 6.92 Å². The minimum atomic E-state index is -0.440. The summed E-state index contributed by atoms with van der Waals surface area (Å²) in [5.74, 6) is -0.000638. The lowest BCUT2D eigenvalue weighted by Crippen LogP contribution is -2.16. The summed E-state index contributed by atoms with van der Waals surface area (Å²) in [6.45, 7) is 2.41. The van der Waals surface area contributed by atoms with Crippen LogP contribution in [0.5, 0.6) is 5.75 Å². The largest absolute Gasteiger partial charge is 0.494 e. The number of carbonyl (C=O) groups is 1. The van der Waals surface area contributed by atoms with Crippen molar-refractivity contribution < 1.29 is 13.9 Å². The highest BCUT2D eigenvalue weighted by Crippen LogP contribution is 2.18. The Labute approximate surface area is 101 Å². The Morgan fingerprint density at radius 3 is 2.76 bits per heavy atom. The van der Waals surface area contributed by atoms with Crippen LogP contribution < -0.4 is 10.5 Å². The van der Waals surface area contributed by atoms with Crippen molar-refractivity contribution in [1.82, 2.24) is 0 Å². The molecule has 0 saturated heterocycles. The number of hydrogen-bond donors (Lipinski definition) is 1. The number of ether oxygens (including phenoxy) is 1. The van der Waals surface area contributed by atoms with Gasteiger partial charge < -0.3 is 10.5 Å². The molecule has 0 bridgehead atoms. The second kappa shape index (κ2) is 6.35. The van der Waals surface area contributed by atoms with Gasteiger partial charge in [-0.1, -0.05) is 13.0 Å². The SMILES string of the molecule is COc1ccc(CC(=O)CC(C)CN)cc1F. The quantitative estimate of drug-likeness (QED) is 0.825. The summed E-state index contributed by atoms with van der Waals surface area (Å²) in [7, 11) is 1.41. The Kier molecular flexibility index (Phi) is 5.10. The molecule has 2 N–H and O–H groups in total. The highest BCUT2D eigenvalue weighted by molar-refractivity contribution is 5.81. The van der Waals surface area contributed by atoms with E-state index in [4.69, 9.17) is 10.5 Å². The Hall–Kier alpha value is -1.42. The number of Topliss-reactive ketones (excluding diaryl/α,β-unsaturated/α-hetero) is 1. The number of nitrogens with two attached hydrogens (primary N) is 1. The van der Waals surface area contributed by atoms with Gasteiger partial charge in [0.15, 0.2) is 11.6 Å². The van der Waals surface area contributed by atoms with Gasteiger partial charge in [0.05, 0.1) is 7.11 Å². The van der Waals surface area contributed by atoms with E-state index in [2.05, 4.69) is 0 Å². The molecule has 0 aliphatic rings. The minimum absolute atomic E-state index is 0.0764. The number of hydrogen-bond acceptors (Lipinski definition) is 3. The molecule has 4 heteroatoms. The first-order valence-electron chi connectivity index (χ1n) is 5.61. The Bertz CT molecular complexity index is 393. The molecule has 1 atom stereocenters. The van der Waals surface area contributed by atoms with E-state index in [0.717, 1.165) is 0 Å². The molecule has 1 rings (SSSR count). The highest BCUT2D eigenvalue weighted by atomic mass is 19.1. The van der Waals surface area contributed by atoms with Crippen molar-refractivity contribution in [2.75, 3.05) is 13.7 Å². The fraction of sp³-hybridized carbons (Fsp3) is 0.462. The van der Waals surface area contributed by atoms with Gasteiger partial charge in [-0.15, -0.1) is 0 Å². The van der Waals surface area contributed by atoms with Crippen molar-refractivity contribution in [2.24, 2.45) is 11.7 Å². The molecule has 0 aromatic heterocycles. The van der Waals surface area contributed by atoms with Crippen molar-refractivity contribution in [2.45, 2.75) is 19.8 Å². The maximum absolute atomic E-state index is 13.4. The molecule has 0 radical (unpaired) electrons. The fourth-order valence-electron chi connectivity index (χ4n) is 1.59. The van der Waals surface area contributed by atoms with Gasteiger partial charge in [-0.2, -0.15) is 0 Å². The van der Waals surface area contributed by atoms with Crippen molar-refractivity contribution in [3.05, 3.63) is 29.6 Å². The summed E-state index contributed by atoms with van der Waals surface area (Å²) in [5, 5.41) is 0. The predicted molar refractivity (Wildman–Crippen MR) is 64.5 cm³/mol. The summed E-state index contributed by atoms with van der Waals surface area (Å²) >= 11 is 0. The highest BCUT2D eigenvalue weighted by Gasteiger charge is 2.10. The molecule has 94 valence electrons. The molecule has 1 unspecified atom stereocenters. The third kappa shape index (κ3) is 4.15. The molecule has 0 heterocycles. The third-order valence-corrected chi connectivity index (χ3v) is 2.60. The van der Waals surface area contributed by atoms with Crippen molar-refractivity contribution >= 4 is 5.78 Å². The van der Waals surface area contributed by atoms with E-state index >= 15 is 0 Å². The molecular weight excluding hydrogens is 221 g/mol. The summed E-state index contributed by atoms with van der Waals surface area (Å²) in [4.78, 5) is 11.6. The first-order valence-corrected chi connectivity index (χ1v) is 5.61. The van der Waals surface area contributed by atoms with Gasteiger partial charge in [-0.3, -0.25) is 4.79 Å². The Morgan fingerprint density at radius 2 is 2.24 bits per heavy atom. The molecule has 0 saturated carbocycles. The van der Waals surface area contributed by atoms with Crippen LogP contribution in [0.15, 0.2) is 18.2 Å². The topological polar surface area (TPSA) is 52.3 Å². The number of ketones is 1. The molecule has 0 aliphatic carbocycles. The molecule has 17 heavy (non-hydrogen) atoms. The van der Waals surface area contributed by atoms with E-state index in [9.17, 15) is 9.18 Å². The molecule has 0 amide bonds. The van der Waals surface area contributed by atoms with Crippen LogP contribution in [0.1, 0.15) is 18.9 Å². The lowest BCUT2D eigenvalue weighted by atomic mass is 10.00. The normalized spacial score (nSPS) is 12.2. The van der Waals surface area contributed by atoms with Gasteiger partial charge in [0.25, 0.3) is 0 Å². The second-order valence-electron chi connectivity index (χ2n) is 4.23. The van der Waals surface area contributed by atoms with Crippen molar-refractivity contribution in [1.29, 1.82) is 0 Å². The Morgan fingerprint density at radius 1 is 1.53 bits per heavy atom. The average Bonchev–Trinajstić information content (AvgIpc) is 2.29. The lowest BCUT2D eigenvalue weighted by molar-refractivity contribution is -0.119. The van der Waals surface area contributed by atoms with Gasteiger partial charge in [-0.05, 0) is 30.2 Å². The third-order valence-electron chi connectivity index (χ3n) is 2.60. The van der Waals surface area contributed by atoms with Crippen LogP contribution in [0.25, 0.3) is 0 Å². The van der Waals surface area contributed by atoms with Crippen LogP contribution in [-0.4, -0.2) is 19.4 Å². The number of benzene rings is 1. The van der Waals surface area contributed by atoms with Crippen LogP contribution in [-0.2, 0) is 11.2 Å². The molecule has 0 aliphatic heterocycles. The second-order valence-corrected chi connectivity index (χ2v) is 4.23. The van der Waals surface area contributed by atoms with Crippen LogP contribution >= 0.6 is 0 Å². The number of rotatable bonds is 6. The van der Waals surface area contributed by atoms with Crippen LogP contribution in [0.2, 0.25) is 0 Å². The first kappa shape index (κ1) is 13.6. The molecule has 0 fully saturated rings. The maximum atomic E-state index is 13.4. The standard InChI is InChI=1S/C13H18FNO2/c1-9(8-15)5-11(16)6-10-3-4-13(17-2)12(14)7-10/h3-4,7,9H,5-6,8,15H2,1-2H3. The van der Waals surface area contributed by atoms with Crippen LogP contribution in [0.3, 0.4) is 0 Å². The number of halogens is 1. The maximum Gasteiger partial charge on any atom is 0.165 e. The van der Waals surface area contributed by atoms with Gasteiger partial charge in [0.2, 0.25) is 0 Å². The van der Waals surface area contributed by atoms with Crippen molar-refractivity contribution in [3.63, 3.8) is 0 Å². The first-order chi connectivity index (χ1) is 8.06. The molecule has 1 aromatic rings. The molecule has 3 nitrogen and oxygen atoms in total. The van der Waals surface area contributed by atoms with E-state index in [-0.39, 0.29) is 23.9 Å². The lowest BCUT2D eigenvalue weighted by Gasteiger charge is -2.08. The number of methoxy groups -OCH3 is 1. The van der Waals surface area contributed by atoms with Gasteiger partial charge in [-0.25, -0.2) is 4.39 Å². The van der Waals surface area contributed by atoms with Gasteiger partial charge >= 0.3 is 0 Å². The Balaban J connectivity index is 2.63. The van der Waals surface area contributed by atoms with E-state index in [1.165, 1.54) is 19.2 Å². The zero-order chi connectivity index (χ0) is 12.8. The summed E-state index contributed by atoms with van der Waals surface area (Å²) in [5.41, 5.74) is 6.11. The van der Waals surface area contributed by atoms with E-state index in [0.29, 0.717) is 18.5 Å². The van der Waals surface area contributed by atoms with Gasteiger partial charge in [0, 0.05) is 12.8 Å². The molecule has 0 spiro atoms.